The van der Waals surface area contributed by atoms with E-state index in [9.17, 15) is 13.6 Å². The van der Waals surface area contributed by atoms with Gasteiger partial charge in [0, 0.05) is 17.7 Å². The lowest BCUT2D eigenvalue weighted by Crippen LogP contribution is -2.11. The molecule has 1 aliphatic rings. The molecule has 1 N–H and O–H groups in total. The zero-order chi connectivity index (χ0) is 18.8. The lowest BCUT2D eigenvalue weighted by atomic mass is 10.2. The van der Waals surface area contributed by atoms with Gasteiger partial charge in [-0.2, -0.15) is 0 Å². The van der Waals surface area contributed by atoms with Crippen LogP contribution in [0, 0.1) is 11.6 Å². The molecule has 0 fully saturated rings. The number of nitrogens with one attached hydrogen (secondary N) is 1. The fourth-order valence-corrected chi connectivity index (χ4v) is 3.27. The molecule has 1 amide bonds. The number of thiophene rings is 1. The standard InChI is InChI=1S/C19H13F2NO4S/c20-12-1-3-15(14(21)6-12)22-19(23)18-5-11(9-27-18)8-24-13-2-4-16-17(7-13)26-10-25-16/h1-7,9H,8,10H2,(H,22,23). The summed E-state index contributed by atoms with van der Waals surface area (Å²) in [6.07, 6.45) is 0. The van der Waals surface area contributed by atoms with E-state index < -0.39 is 17.5 Å². The second kappa shape index (κ2) is 7.24. The molecule has 0 radical (unpaired) electrons. The quantitative estimate of drug-likeness (QED) is 0.694. The highest BCUT2D eigenvalue weighted by atomic mass is 32.1. The molecule has 0 bridgehead atoms. The summed E-state index contributed by atoms with van der Waals surface area (Å²) in [7, 11) is 0. The molecule has 1 aliphatic heterocycles. The Labute approximate surface area is 157 Å². The Hall–Kier alpha value is -3.13. The number of fused-ring (bicyclic) bond motifs is 1. The number of carbonyl (C=O) groups is 1. The second-order valence-electron chi connectivity index (χ2n) is 5.70. The maximum Gasteiger partial charge on any atom is 0.265 e. The van der Waals surface area contributed by atoms with Crippen LogP contribution in [0.3, 0.4) is 0 Å². The van der Waals surface area contributed by atoms with Gasteiger partial charge in [0.25, 0.3) is 5.91 Å². The number of anilines is 1. The Balaban J connectivity index is 1.38. The van der Waals surface area contributed by atoms with Crippen LogP contribution >= 0.6 is 11.3 Å². The number of rotatable bonds is 5. The normalized spacial score (nSPS) is 12.1. The van der Waals surface area contributed by atoms with E-state index in [0.29, 0.717) is 28.2 Å². The average Bonchev–Trinajstić information content (AvgIpc) is 3.31. The maximum absolute atomic E-state index is 13.6. The molecule has 2 aromatic carbocycles. The molecule has 0 saturated heterocycles. The summed E-state index contributed by atoms with van der Waals surface area (Å²) in [5.41, 5.74) is 0.718. The Morgan fingerprint density at radius 3 is 2.81 bits per heavy atom. The molecule has 0 atom stereocenters. The molecular formula is C19H13F2NO4S. The van der Waals surface area contributed by atoms with Crippen LogP contribution in [0.15, 0.2) is 47.8 Å². The predicted molar refractivity (Wildman–Crippen MR) is 95.5 cm³/mol. The van der Waals surface area contributed by atoms with Crippen molar-refractivity contribution in [1.29, 1.82) is 0 Å². The number of benzene rings is 2. The third-order valence-corrected chi connectivity index (χ3v) is 4.78. The molecular weight excluding hydrogens is 376 g/mol. The van der Waals surface area contributed by atoms with Crippen molar-refractivity contribution in [2.75, 3.05) is 12.1 Å². The molecule has 0 spiro atoms. The minimum atomic E-state index is -0.828. The zero-order valence-electron chi connectivity index (χ0n) is 13.8. The van der Waals surface area contributed by atoms with Gasteiger partial charge in [0.2, 0.25) is 6.79 Å². The summed E-state index contributed by atoms with van der Waals surface area (Å²) in [5.74, 6) is -0.0930. The first kappa shape index (κ1) is 17.3. The highest BCUT2D eigenvalue weighted by Gasteiger charge is 2.15. The van der Waals surface area contributed by atoms with Crippen molar-refractivity contribution in [1.82, 2.24) is 0 Å². The lowest BCUT2D eigenvalue weighted by molar-refractivity contribution is 0.103. The minimum Gasteiger partial charge on any atom is -0.489 e. The third-order valence-electron chi connectivity index (χ3n) is 3.81. The molecule has 8 heteroatoms. The summed E-state index contributed by atoms with van der Waals surface area (Å²) in [6.45, 7) is 0.449. The molecule has 138 valence electrons. The van der Waals surface area contributed by atoms with E-state index in [4.69, 9.17) is 14.2 Å². The van der Waals surface area contributed by atoms with Crippen LogP contribution in [0.5, 0.6) is 17.2 Å². The van der Waals surface area contributed by atoms with Crippen molar-refractivity contribution in [3.05, 3.63) is 69.9 Å². The highest BCUT2D eigenvalue weighted by molar-refractivity contribution is 7.12. The molecule has 5 nitrogen and oxygen atoms in total. The molecule has 3 aromatic rings. The fraction of sp³-hybridized carbons (Fsp3) is 0.105. The molecule has 0 aliphatic carbocycles. The minimum absolute atomic E-state index is 0.0760. The number of amides is 1. The van der Waals surface area contributed by atoms with Crippen LogP contribution in [0.1, 0.15) is 15.2 Å². The summed E-state index contributed by atoms with van der Waals surface area (Å²) in [4.78, 5) is 12.6. The van der Waals surface area contributed by atoms with E-state index in [2.05, 4.69) is 5.32 Å². The Morgan fingerprint density at radius 2 is 1.96 bits per heavy atom. The van der Waals surface area contributed by atoms with Crippen LogP contribution in [-0.2, 0) is 6.61 Å². The molecule has 0 unspecified atom stereocenters. The van der Waals surface area contributed by atoms with Gasteiger partial charge in [-0.15, -0.1) is 11.3 Å². The van der Waals surface area contributed by atoms with Crippen LogP contribution in [0.4, 0.5) is 14.5 Å². The van der Waals surface area contributed by atoms with Crippen LogP contribution < -0.4 is 19.5 Å². The second-order valence-corrected chi connectivity index (χ2v) is 6.61. The van der Waals surface area contributed by atoms with Gasteiger partial charge >= 0.3 is 0 Å². The lowest BCUT2D eigenvalue weighted by Gasteiger charge is -2.06. The van der Waals surface area contributed by atoms with Crippen LogP contribution in [0.2, 0.25) is 0 Å². The Bertz CT molecular complexity index is 1010. The van der Waals surface area contributed by atoms with Gasteiger partial charge in [0.1, 0.15) is 24.0 Å². The van der Waals surface area contributed by atoms with Gasteiger partial charge in [0.05, 0.1) is 10.6 Å². The fourth-order valence-electron chi connectivity index (χ4n) is 2.48. The number of ether oxygens (including phenoxy) is 3. The SMILES string of the molecule is O=C(Nc1ccc(F)cc1F)c1cc(COc2ccc3c(c2)OCO3)cs1. The van der Waals surface area contributed by atoms with E-state index in [1.165, 1.54) is 17.4 Å². The van der Waals surface area contributed by atoms with E-state index >= 15 is 0 Å². The number of carbonyl (C=O) groups excluding carboxylic acids is 1. The first-order chi connectivity index (χ1) is 13.1. The third kappa shape index (κ3) is 3.85. The summed E-state index contributed by atoms with van der Waals surface area (Å²) in [6, 6.07) is 9.91. The van der Waals surface area contributed by atoms with Crippen LogP contribution in [-0.4, -0.2) is 12.7 Å². The van der Waals surface area contributed by atoms with Gasteiger partial charge in [-0.05, 0) is 35.7 Å². The van der Waals surface area contributed by atoms with Crippen molar-refractivity contribution < 1.29 is 27.8 Å². The Morgan fingerprint density at radius 1 is 1.11 bits per heavy atom. The number of halogens is 2. The molecule has 1 aromatic heterocycles. The average molecular weight is 389 g/mol. The van der Waals surface area contributed by atoms with Crippen molar-refractivity contribution >= 4 is 22.9 Å². The first-order valence-electron chi connectivity index (χ1n) is 7.95. The zero-order valence-corrected chi connectivity index (χ0v) is 14.6. The molecule has 27 heavy (non-hydrogen) atoms. The first-order valence-corrected chi connectivity index (χ1v) is 8.83. The molecule has 2 heterocycles. The number of hydrogen-bond donors (Lipinski definition) is 1. The molecule has 0 saturated carbocycles. The molecule has 4 rings (SSSR count). The summed E-state index contributed by atoms with van der Waals surface area (Å²) in [5, 5.41) is 4.21. The van der Waals surface area contributed by atoms with E-state index in [1.807, 2.05) is 0 Å². The van der Waals surface area contributed by atoms with E-state index in [1.54, 1.807) is 29.6 Å². The van der Waals surface area contributed by atoms with Crippen molar-refractivity contribution in [2.24, 2.45) is 0 Å². The van der Waals surface area contributed by atoms with Gasteiger partial charge in [-0.3, -0.25) is 4.79 Å². The van der Waals surface area contributed by atoms with E-state index in [0.717, 1.165) is 11.6 Å². The highest BCUT2D eigenvalue weighted by Crippen LogP contribution is 2.35. The van der Waals surface area contributed by atoms with Gasteiger partial charge in [-0.25, -0.2) is 8.78 Å². The van der Waals surface area contributed by atoms with E-state index in [-0.39, 0.29) is 19.1 Å². The predicted octanol–water partition coefficient (Wildman–Crippen LogP) is 4.59. The summed E-state index contributed by atoms with van der Waals surface area (Å²) < 4.78 is 42.8. The maximum atomic E-state index is 13.6. The van der Waals surface area contributed by atoms with Crippen LogP contribution in [0.25, 0.3) is 0 Å². The van der Waals surface area contributed by atoms with Gasteiger partial charge < -0.3 is 19.5 Å². The smallest absolute Gasteiger partial charge is 0.265 e. The van der Waals surface area contributed by atoms with Crippen molar-refractivity contribution in [3.63, 3.8) is 0 Å². The monoisotopic (exact) mass is 389 g/mol. The topological polar surface area (TPSA) is 56.8 Å². The van der Waals surface area contributed by atoms with Crippen molar-refractivity contribution in [3.8, 4) is 17.2 Å². The van der Waals surface area contributed by atoms with Gasteiger partial charge in [-0.1, -0.05) is 0 Å². The van der Waals surface area contributed by atoms with Gasteiger partial charge in [0.15, 0.2) is 11.5 Å². The van der Waals surface area contributed by atoms with Crippen molar-refractivity contribution in [2.45, 2.75) is 6.61 Å². The largest absolute Gasteiger partial charge is 0.489 e. The summed E-state index contributed by atoms with van der Waals surface area (Å²) >= 11 is 1.21. The number of hydrogen-bond acceptors (Lipinski definition) is 5. The Kier molecular flexibility index (Phi) is 4.64.